The van der Waals surface area contributed by atoms with E-state index in [2.05, 4.69) is 36.1 Å². The minimum absolute atomic E-state index is 0.0674. The number of carbonyl (C=O) groups is 1. The first-order chi connectivity index (χ1) is 13.1. The van der Waals surface area contributed by atoms with Gasteiger partial charge in [0.05, 0.1) is 11.8 Å². The highest BCUT2D eigenvalue weighted by molar-refractivity contribution is 7.88. The first-order valence-corrected chi connectivity index (χ1v) is 10.8. The van der Waals surface area contributed by atoms with E-state index in [-0.39, 0.29) is 23.2 Å². The lowest BCUT2D eigenvalue weighted by atomic mass is 9.82. The van der Waals surface area contributed by atoms with Crippen molar-refractivity contribution in [3.05, 3.63) is 71.3 Å². The van der Waals surface area contributed by atoms with Gasteiger partial charge in [-0.1, -0.05) is 75.4 Å². The summed E-state index contributed by atoms with van der Waals surface area (Å²) in [6.45, 7) is 6.62. The third-order valence-electron chi connectivity index (χ3n) is 4.42. The molecule has 0 aliphatic rings. The number of rotatable bonds is 7. The van der Waals surface area contributed by atoms with E-state index in [0.29, 0.717) is 12.1 Å². The molecule has 2 amide bonds. The zero-order valence-electron chi connectivity index (χ0n) is 16.8. The maximum Gasteiger partial charge on any atom is 0.315 e. The van der Waals surface area contributed by atoms with Crippen molar-refractivity contribution in [2.45, 2.75) is 39.1 Å². The summed E-state index contributed by atoms with van der Waals surface area (Å²) in [6.07, 6.45) is 0. The highest BCUT2D eigenvalue weighted by atomic mass is 32.2. The van der Waals surface area contributed by atoms with Gasteiger partial charge in [0.15, 0.2) is 0 Å². The maximum absolute atomic E-state index is 12.4. The summed E-state index contributed by atoms with van der Waals surface area (Å²) in [5.74, 6) is -0.0674. The summed E-state index contributed by atoms with van der Waals surface area (Å²) in [6, 6.07) is 16.7. The summed E-state index contributed by atoms with van der Waals surface area (Å²) in [7, 11) is -1.90. The molecule has 3 N–H and O–H groups in total. The Morgan fingerprint density at radius 3 is 2.07 bits per heavy atom. The smallest absolute Gasteiger partial charge is 0.315 e. The predicted octanol–water partition coefficient (Wildman–Crippen LogP) is 3.32. The van der Waals surface area contributed by atoms with Gasteiger partial charge in [0.25, 0.3) is 0 Å². The summed E-state index contributed by atoms with van der Waals surface area (Å²) >= 11 is 0. The fraction of sp³-hybridized carbons (Fsp3) is 0.381. The van der Waals surface area contributed by atoms with Crippen LogP contribution in [0.2, 0.25) is 0 Å². The topological polar surface area (TPSA) is 87.3 Å². The third kappa shape index (κ3) is 6.65. The maximum atomic E-state index is 12.4. The van der Waals surface area contributed by atoms with Gasteiger partial charge in [0.1, 0.15) is 0 Å². The van der Waals surface area contributed by atoms with Gasteiger partial charge >= 0.3 is 6.03 Å². The van der Waals surface area contributed by atoms with Gasteiger partial charge in [-0.15, -0.1) is 0 Å². The summed E-state index contributed by atoms with van der Waals surface area (Å²) in [5, 5.41) is 5.93. The number of hydrogen-bond acceptors (Lipinski definition) is 3. The molecule has 7 heteroatoms. The number of carbonyl (C=O) groups excluding carboxylic acids is 1. The normalized spacial score (nSPS) is 13.0. The van der Waals surface area contributed by atoms with E-state index >= 15 is 0 Å². The fourth-order valence-electron chi connectivity index (χ4n) is 2.85. The summed E-state index contributed by atoms with van der Waals surface area (Å²) in [5.41, 5.74) is 2.51. The van der Waals surface area contributed by atoms with E-state index in [4.69, 9.17) is 0 Å². The molecule has 0 spiro atoms. The third-order valence-corrected chi connectivity index (χ3v) is 5.75. The molecule has 152 valence electrons. The van der Waals surface area contributed by atoms with E-state index in [1.165, 1.54) is 7.05 Å². The van der Waals surface area contributed by atoms with E-state index in [0.717, 1.165) is 11.1 Å². The van der Waals surface area contributed by atoms with Crippen molar-refractivity contribution >= 4 is 16.1 Å². The van der Waals surface area contributed by atoms with E-state index in [1.807, 2.05) is 42.5 Å². The Morgan fingerprint density at radius 2 is 1.54 bits per heavy atom. The molecule has 1 atom stereocenters. The van der Waals surface area contributed by atoms with E-state index in [1.54, 1.807) is 12.1 Å². The Bertz CT molecular complexity index is 873. The zero-order chi connectivity index (χ0) is 20.8. The number of hydrogen-bond donors (Lipinski definition) is 3. The molecular formula is C21H29N3O3S. The number of benzene rings is 2. The quantitative estimate of drug-likeness (QED) is 0.663. The van der Waals surface area contributed by atoms with Gasteiger partial charge in [-0.05, 0) is 29.2 Å². The van der Waals surface area contributed by atoms with Gasteiger partial charge in [0.2, 0.25) is 10.0 Å². The van der Waals surface area contributed by atoms with Crippen molar-refractivity contribution in [1.82, 2.24) is 15.4 Å². The second-order valence-electron chi connectivity index (χ2n) is 7.82. The van der Waals surface area contributed by atoms with Crippen molar-refractivity contribution in [2.24, 2.45) is 5.41 Å². The van der Waals surface area contributed by atoms with Gasteiger partial charge < -0.3 is 10.6 Å². The summed E-state index contributed by atoms with van der Waals surface area (Å²) in [4.78, 5) is 12.4. The highest BCUT2D eigenvalue weighted by Gasteiger charge is 2.27. The Labute approximate surface area is 167 Å². The van der Waals surface area contributed by atoms with Crippen LogP contribution >= 0.6 is 0 Å². The van der Waals surface area contributed by atoms with Crippen molar-refractivity contribution in [1.29, 1.82) is 0 Å². The van der Waals surface area contributed by atoms with Gasteiger partial charge in [0, 0.05) is 6.54 Å². The van der Waals surface area contributed by atoms with Crippen LogP contribution in [0.15, 0.2) is 54.6 Å². The van der Waals surface area contributed by atoms with Gasteiger partial charge in [-0.25, -0.2) is 17.9 Å². The average Bonchev–Trinajstić information content (AvgIpc) is 2.65. The average molecular weight is 404 g/mol. The van der Waals surface area contributed by atoms with Crippen LogP contribution in [0.4, 0.5) is 4.79 Å². The minimum atomic E-state index is -3.29. The lowest BCUT2D eigenvalue weighted by molar-refractivity contribution is 0.218. The minimum Gasteiger partial charge on any atom is -0.334 e. The van der Waals surface area contributed by atoms with Crippen LogP contribution in [0, 0.1) is 5.41 Å². The van der Waals surface area contributed by atoms with Crippen molar-refractivity contribution in [3.63, 3.8) is 0 Å². The van der Waals surface area contributed by atoms with Crippen LogP contribution < -0.4 is 15.4 Å². The second-order valence-corrected chi connectivity index (χ2v) is 9.74. The lowest BCUT2D eigenvalue weighted by Crippen LogP contribution is -2.42. The Kier molecular flexibility index (Phi) is 7.21. The lowest BCUT2D eigenvalue weighted by Gasteiger charge is -2.32. The van der Waals surface area contributed by atoms with Crippen LogP contribution in [0.5, 0.6) is 0 Å². The Morgan fingerprint density at radius 1 is 0.964 bits per heavy atom. The number of amides is 2. The molecule has 1 unspecified atom stereocenters. The first-order valence-electron chi connectivity index (χ1n) is 9.19. The van der Waals surface area contributed by atoms with Crippen LogP contribution in [-0.2, 0) is 22.3 Å². The molecule has 0 bridgehead atoms. The predicted molar refractivity (Wildman–Crippen MR) is 112 cm³/mol. The zero-order valence-corrected chi connectivity index (χ0v) is 17.6. The SMILES string of the molecule is CNS(=O)(=O)Cc1ccc(CNC(=O)NC(c2ccccc2)C(C)(C)C)cc1. The molecule has 0 fully saturated rings. The largest absolute Gasteiger partial charge is 0.334 e. The van der Waals surface area contributed by atoms with Crippen LogP contribution in [0.25, 0.3) is 0 Å². The standard InChI is InChI=1S/C21H29N3O3S/c1-21(2,3)19(18-8-6-5-7-9-18)24-20(25)23-14-16-10-12-17(13-11-16)15-28(26,27)22-4/h5-13,19,22H,14-15H2,1-4H3,(H2,23,24,25). The number of sulfonamides is 1. The molecular weight excluding hydrogens is 374 g/mol. The second kappa shape index (κ2) is 9.21. The monoisotopic (exact) mass is 403 g/mol. The molecule has 0 radical (unpaired) electrons. The van der Waals surface area contributed by atoms with Crippen LogP contribution in [0.1, 0.15) is 43.5 Å². The molecule has 28 heavy (non-hydrogen) atoms. The molecule has 2 aromatic rings. The molecule has 0 saturated heterocycles. The summed E-state index contributed by atoms with van der Waals surface area (Å²) < 4.78 is 25.5. The Hall–Kier alpha value is -2.38. The molecule has 0 saturated carbocycles. The van der Waals surface area contributed by atoms with Crippen LogP contribution in [0.3, 0.4) is 0 Å². The first kappa shape index (κ1) is 21.9. The molecule has 0 heterocycles. The van der Waals surface area contributed by atoms with Crippen LogP contribution in [-0.4, -0.2) is 21.5 Å². The molecule has 0 aliphatic heterocycles. The number of nitrogens with one attached hydrogen (secondary N) is 3. The van der Waals surface area contributed by atoms with Gasteiger partial charge in [-0.3, -0.25) is 0 Å². The number of urea groups is 1. The molecule has 0 aliphatic carbocycles. The molecule has 2 aromatic carbocycles. The van der Waals surface area contributed by atoms with E-state index < -0.39 is 10.0 Å². The Balaban J connectivity index is 1.96. The van der Waals surface area contributed by atoms with Crippen molar-refractivity contribution in [2.75, 3.05) is 7.05 Å². The molecule has 0 aromatic heterocycles. The van der Waals surface area contributed by atoms with E-state index in [9.17, 15) is 13.2 Å². The molecule has 6 nitrogen and oxygen atoms in total. The van der Waals surface area contributed by atoms with Crippen molar-refractivity contribution < 1.29 is 13.2 Å². The fourth-order valence-corrected chi connectivity index (χ4v) is 3.63. The van der Waals surface area contributed by atoms with Gasteiger partial charge in [-0.2, -0.15) is 0 Å². The molecule has 2 rings (SSSR count). The van der Waals surface area contributed by atoms with Crippen molar-refractivity contribution in [3.8, 4) is 0 Å². The highest BCUT2D eigenvalue weighted by Crippen LogP contribution is 2.32.